The molecule has 0 saturated heterocycles. The van der Waals surface area contributed by atoms with Crippen LogP contribution >= 0.6 is 22.6 Å². The maximum absolute atomic E-state index is 5.29. The van der Waals surface area contributed by atoms with Gasteiger partial charge in [-0.3, -0.25) is 0 Å². The number of aromatic amines is 1. The highest BCUT2D eigenvalue weighted by Gasteiger charge is 2.15. The minimum absolute atomic E-state index is 0.822. The number of hydrogen-bond acceptors (Lipinski definition) is 3. The number of benzene rings is 3. The first-order valence-electron chi connectivity index (χ1n) is 8.83. The molecule has 0 fully saturated rings. The van der Waals surface area contributed by atoms with E-state index in [4.69, 9.17) is 14.5 Å². The second-order valence-electron chi connectivity index (χ2n) is 6.27. The summed E-state index contributed by atoms with van der Waals surface area (Å²) in [5.41, 5.74) is 5.01. The van der Waals surface area contributed by atoms with Crippen LogP contribution in [-0.2, 0) is 0 Å². The first-order chi connectivity index (χ1) is 13.7. The number of aromatic nitrogens is 2. The molecule has 0 atom stereocenters. The topological polar surface area (TPSA) is 47.1 Å². The van der Waals surface area contributed by atoms with Crippen molar-refractivity contribution in [3.05, 3.63) is 76.4 Å². The smallest absolute Gasteiger partial charge is 0.138 e. The molecule has 140 valence electrons. The first-order valence-corrected chi connectivity index (χ1v) is 9.90. The van der Waals surface area contributed by atoms with Crippen molar-refractivity contribution in [1.82, 2.24) is 9.97 Å². The zero-order valence-electron chi connectivity index (χ0n) is 15.6. The molecule has 0 saturated carbocycles. The Morgan fingerprint density at radius 2 is 1.18 bits per heavy atom. The van der Waals surface area contributed by atoms with E-state index in [9.17, 15) is 0 Å². The molecule has 5 heteroatoms. The van der Waals surface area contributed by atoms with Gasteiger partial charge in [0.2, 0.25) is 0 Å². The molecule has 1 heterocycles. The Balaban J connectivity index is 1.84. The number of imidazole rings is 1. The van der Waals surface area contributed by atoms with Crippen LogP contribution in [0.2, 0.25) is 0 Å². The Kier molecular flexibility index (Phi) is 5.34. The largest absolute Gasteiger partial charge is 0.497 e. The van der Waals surface area contributed by atoms with Crippen molar-refractivity contribution >= 4 is 22.6 Å². The number of methoxy groups -OCH3 is 2. The van der Waals surface area contributed by atoms with Crippen molar-refractivity contribution < 1.29 is 9.47 Å². The molecule has 0 radical (unpaired) electrons. The lowest BCUT2D eigenvalue weighted by Crippen LogP contribution is -1.87. The zero-order valence-corrected chi connectivity index (χ0v) is 17.7. The number of H-pyrrole nitrogens is 1. The number of nitrogens with one attached hydrogen (secondary N) is 1. The van der Waals surface area contributed by atoms with Crippen LogP contribution in [0.3, 0.4) is 0 Å². The van der Waals surface area contributed by atoms with E-state index in [1.807, 2.05) is 48.5 Å². The van der Waals surface area contributed by atoms with E-state index in [1.165, 1.54) is 3.57 Å². The van der Waals surface area contributed by atoms with Crippen LogP contribution in [0.15, 0.2) is 72.8 Å². The molecule has 0 bridgehead atoms. The molecule has 28 heavy (non-hydrogen) atoms. The SMILES string of the molecule is COc1ccc(-c2nc(-c3ccc(I)cc3)[nH]c2-c2ccc(OC)cc2)cc1. The molecule has 0 aliphatic carbocycles. The van der Waals surface area contributed by atoms with Gasteiger partial charge >= 0.3 is 0 Å². The molecule has 1 N–H and O–H groups in total. The number of rotatable bonds is 5. The molecule has 0 aliphatic rings. The Labute approximate surface area is 177 Å². The van der Waals surface area contributed by atoms with Gasteiger partial charge in [-0.15, -0.1) is 0 Å². The standard InChI is InChI=1S/C23H19IN2O2/c1-27-19-11-5-15(6-12-19)21-22(16-7-13-20(28-2)14-8-16)26-23(25-21)17-3-9-18(24)10-4-17/h3-14H,1-2H3,(H,25,26). The van der Waals surface area contributed by atoms with E-state index < -0.39 is 0 Å². The van der Waals surface area contributed by atoms with E-state index in [0.717, 1.165) is 45.4 Å². The summed E-state index contributed by atoms with van der Waals surface area (Å²) in [6, 6.07) is 24.3. The first kappa shape index (κ1) is 18.6. The average Bonchev–Trinajstić information content (AvgIpc) is 3.20. The maximum atomic E-state index is 5.29. The number of halogens is 1. The molecule has 4 nitrogen and oxygen atoms in total. The van der Waals surface area contributed by atoms with Crippen LogP contribution in [0.1, 0.15) is 0 Å². The lowest BCUT2D eigenvalue weighted by atomic mass is 10.0. The highest BCUT2D eigenvalue weighted by Crippen LogP contribution is 2.34. The van der Waals surface area contributed by atoms with Gasteiger partial charge in [0.1, 0.15) is 17.3 Å². The van der Waals surface area contributed by atoms with Crippen LogP contribution in [-0.4, -0.2) is 24.2 Å². The summed E-state index contributed by atoms with van der Waals surface area (Å²) in [5.74, 6) is 2.49. The Morgan fingerprint density at radius 1 is 0.679 bits per heavy atom. The maximum Gasteiger partial charge on any atom is 0.138 e. The molecule has 4 rings (SSSR count). The van der Waals surface area contributed by atoms with Gasteiger partial charge in [0, 0.05) is 20.3 Å². The fraction of sp³-hybridized carbons (Fsp3) is 0.0870. The monoisotopic (exact) mass is 482 g/mol. The third-order valence-corrected chi connectivity index (χ3v) is 5.28. The number of nitrogens with zero attached hydrogens (tertiary/aromatic N) is 1. The van der Waals surface area contributed by atoms with E-state index in [1.54, 1.807) is 14.2 Å². The fourth-order valence-electron chi connectivity index (χ4n) is 3.04. The van der Waals surface area contributed by atoms with Crippen LogP contribution in [0, 0.1) is 3.57 Å². The summed E-state index contributed by atoms with van der Waals surface area (Å²) in [4.78, 5) is 8.44. The Bertz CT molecular complexity index is 1000. The summed E-state index contributed by atoms with van der Waals surface area (Å²) < 4.78 is 11.8. The lowest BCUT2D eigenvalue weighted by Gasteiger charge is -2.06. The molecule has 3 aromatic carbocycles. The van der Waals surface area contributed by atoms with Gasteiger partial charge in [-0.25, -0.2) is 4.98 Å². The van der Waals surface area contributed by atoms with Gasteiger partial charge in [-0.05, 0) is 83.3 Å². The summed E-state index contributed by atoms with van der Waals surface area (Å²) in [7, 11) is 3.34. The van der Waals surface area contributed by atoms with Gasteiger partial charge in [-0.1, -0.05) is 12.1 Å². The van der Waals surface area contributed by atoms with Crippen LogP contribution < -0.4 is 9.47 Å². The van der Waals surface area contributed by atoms with E-state index >= 15 is 0 Å². The molecule has 0 aliphatic heterocycles. The van der Waals surface area contributed by atoms with Gasteiger partial charge in [-0.2, -0.15) is 0 Å². The minimum Gasteiger partial charge on any atom is -0.497 e. The van der Waals surface area contributed by atoms with Gasteiger partial charge in [0.25, 0.3) is 0 Å². The molecular formula is C23H19IN2O2. The second kappa shape index (κ2) is 8.06. The third-order valence-electron chi connectivity index (χ3n) is 4.56. The fourth-order valence-corrected chi connectivity index (χ4v) is 3.40. The molecule has 0 amide bonds. The summed E-state index contributed by atoms with van der Waals surface area (Å²) in [6.07, 6.45) is 0. The second-order valence-corrected chi connectivity index (χ2v) is 7.52. The van der Waals surface area contributed by atoms with Crippen molar-refractivity contribution in [2.75, 3.05) is 14.2 Å². The van der Waals surface area contributed by atoms with Gasteiger partial charge < -0.3 is 14.5 Å². The molecule has 4 aromatic rings. The van der Waals surface area contributed by atoms with E-state index in [-0.39, 0.29) is 0 Å². The quantitative estimate of drug-likeness (QED) is 0.354. The van der Waals surface area contributed by atoms with Crippen molar-refractivity contribution in [2.24, 2.45) is 0 Å². The van der Waals surface area contributed by atoms with Gasteiger partial charge in [0.05, 0.1) is 25.6 Å². The molecule has 1 aromatic heterocycles. The normalized spacial score (nSPS) is 10.7. The van der Waals surface area contributed by atoms with E-state index in [2.05, 4.69) is 51.8 Å². The zero-order chi connectivity index (χ0) is 19.5. The summed E-state index contributed by atoms with van der Waals surface area (Å²) in [5, 5.41) is 0. The lowest BCUT2D eigenvalue weighted by molar-refractivity contribution is 0.414. The number of ether oxygens (including phenoxy) is 2. The number of hydrogen-bond donors (Lipinski definition) is 1. The van der Waals surface area contributed by atoms with Gasteiger partial charge in [0.15, 0.2) is 0 Å². The Morgan fingerprint density at radius 3 is 1.71 bits per heavy atom. The highest BCUT2D eigenvalue weighted by atomic mass is 127. The molecule has 0 spiro atoms. The van der Waals surface area contributed by atoms with Crippen LogP contribution in [0.25, 0.3) is 33.9 Å². The predicted molar refractivity (Wildman–Crippen MR) is 121 cm³/mol. The molecular weight excluding hydrogens is 463 g/mol. The van der Waals surface area contributed by atoms with Crippen LogP contribution in [0.5, 0.6) is 11.5 Å². The predicted octanol–water partition coefficient (Wildman–Crippen LogP) is 6.03. The third kappa shape index (κ3) is 3.75. The van der Waals surface area contributed by atoms with Crippen molar-refractivity contribution in [3.63, 3.8) is 0 Å². The van der Waals surface area contributed by atoms with Crippen molar-refractivity contribution in [1.29, 1.82) is 0 Å². The van der Waals surface area contributed by atoms with E-state index in [0.29, 0.717) is 0 Å². The van der Waals surface area contributed by atoms with Crippen LogP contribution in [0.4, 0.5) is 0 Å². The molecule has 0 unspecified atom stereocenters. The minimum atomic E-state index is 0.822. The van der Waals surface area contributed by atoms with Crippen molar-refractivity contribution in [3.8, 4) is 45.4 Å². The summed E-state index contributed by atoms with van der Waals surface area (Å²) >= 11 is 2.31. The Hall–Kier alpha value is -2.80. The highest BCUT2D eigenvalue weighted by molar-refractivity contribution is 14.1. The van der Waals surface area contributed by atoms with Crippen molar-refractivity contribution in [2.45, 2.75) is 0 Å². The summed E-state index contributed by atoms with van der Waals surface area (Å²) in [6.45, 7) is 0. The average molecular weight is 482 g/mol.